The van der Waals surface area contributed by atoms with E-state index in [4.69, 9.17) is 4.74 Å². The lowest BCUT2D eigenvalue weighted by Gasteiger charge is -2.26. The molecule has 0 saturated carbocycles. The Morgan fingerprint density at radius 1 is 1.13 bits per heavy atom. The second kappa shape index (κ2) is 8.86. The van der Waals surface area contributed by atoms with Gasteiger partial charge in [0.25, 0.3) is 11.5 Å². The number of amides is 1. The summed E-state index contributed by atoms with van der Waals surface area (Å²) in [6.07, 6.45) is 5.03. The Bertz CT molecular complexity index is 1270. The zero-order valence-electron chi connectivity index (χ0n) is 16.0. The first-order valence-electron chi connectivity index (χ1n) is 9.39. The van der Waals surface area contributed by atoms with Crippen molar-refractivity contribution in [1.29, 1.82) is 5.26 Å². The highest BCUT2D eigenvalue weighted by atomic mass is 32.1. The van der Waals surface area contributed by atoms with E-state index in [0.717, 1.165) is 16.9 Å². The first-order chi connectivity index (χ1) is 14.7. The molecule has 30 heavy (non-hydrogen) atoms. The number of carbonyl (C=O) groups excluding carboxylic acids is 1. The fourth-order valence-electron chi connectivity index (χ4n) is 3.18. The molecular formula is C22H18N4O3S. The molecule has 0 aliphatic carbocycles. The van der Waals surface area contributed by atoms with Gasteiger partial charge in [0.05, 0.1) is 23.4 Å². The van der Waals surface area contributed by atoms with Crippen molar-refractivity contribution in [1.82, 2.24) is 14.5 Å². The number of carbonyl (C=O) groups is 1. The summed E-state index contributed by atoms with van der Waals surface area (Å²) in [5.41, 5.74) is 1.09. The summed E-state index contributed by atoms with van der Waals surface area (Å²) >= 11 is 1.14. The number of rotatable bonds is 3. The van der Waals surface area contributed by atoms with Crippen molar-refractivity contribution in [3.8, 4) is 11.8 Å². The fourth-order valence-corrected chi connectivity index (χ4v) is 4.28. The molecule has 0 atom stereocenters. The van der Waals surface area contributed by atoms with Gasteiger partial charge in [-0.15, -0.1) is 11.3 Å². The van der Waals surface area contributed by atoms with Crippen molar-refractivity contribution >= 4 is 28.9 Å². The van der Waals surface area contributed by atoms with Crippen molar-refractivity contribution < 1.29 is 9.53 Å². The fraction of sp³-hybridized carbons (Fsp3) is 0.182. The van der Waals surface area contributed by atoms with Crippen molar-refractivity contribution in [2.24, 2.45) is 0 Å². The lowest BCUT2D eigenvalue weighted by Crippen LogP contribution is -2.42. The number of hydrogen-bond donors (Lipinski definition) is 0. The number of nitrogens with zero attached hydrogens (tertiary/aromatic N) is 4. The van der Waals surface area contributed by atoms with Gasteiger partial charge in [0.1, 0.15) is 10.7 Å². The molecule has 0 unspecified atom stereocenters. The average molecular weight is 418 g/mol. The Labute approximate surface area is 176 Å². The Hall–Kier alpha value is -3.54. The Kier molecular flexibility index (Phi) is 5.84. The zero-order chi connectivity index (χ0) is 20.9. The van der Waals surface area contributed by atoms with E-state index in [1.807, 2.05) is 24.3 Å². The van der Waals surface area contributed by atoms with Crippen LogP contribution in [0.25, 0.3) is 17.3 Å². The number of aromatic nitrogens is 2. The molecule has 0 N–H and O–H groups in total. The van der Waals surface area contributed by atoms with Crippen LogP contribution in [0.4, 0.5) is 0 Å². The molecule has 0 bridgehead atoms. The van der Waals surface area contributed by atoms with E-state index in [-0.39, 0.29) is 17.0 Å². The van der Waals surface area contributed by atoms with Gasteiger partial charge >= 0.3 is 0 Å². The summed E-state index contributed by atoms with van der Waals surface area (Å²) in [5.74, 6) is -0.387. The van der Waals surface area contributed by atoms with Crippen LogP contribution >= 0.6 is 11.3 Å². The van der Waals surface area contributed by atoms with E-state index in [0.29, 0.717) is 41.2 Å². The molecule has 2 aromatic heterocycles. The van der Waals surface area contributed by atoms with Gasteiger partial charge in [-0.2, -0.15) is 5.26 Å². The molecule has 7 nitrogen and oxygen atoms in total. The normalized spacial score (nSPS) is 15.6. The first-order valence-corrected chi connectivity index (χ1v) is 10.2. The molecule has 1 amide bonds. The molecule has 0 radical (unpaired) electrons. The molecule has 3 heterocycles. The van der Waals surface area contributed by atoms with Gasteiger partial charge in [-0.25, -0.2) is 0 Å². The van der Waals surface area contributed by atoms with Gasteiger partial charge in [-0.05, 0) is 35.9 Å². The highest BCUT2D eigenvalue weighted by Gasteiger charge is 2.23. The number of para-hydroxylation sites is 1. The third kappa shape index (κ3) is 3.94. The van der Waals surface area contributed by atoms with E-state index < -0.39 is 0 Å². The standard InChI is InChI=1S/C22H18N4O3S/c23-15-18(20(27)25-10-12-29-13-11-25)22-26(17-4-2-1-3-5-17)21(28)19(30-22)14-16-6-8-24-9-7-16/h1-9,14H,10-13H2/b19-14+,22-18+. The second-order valence-corrected chi connectivity index (χ2v) is 7.59. The predicted molar refractivity (Wildman–Crippen MR) is 113 cm³/mol. The Balaban J connectivity index is 1.98. The van der Waals surface area contributed by atoms with E-state index >= 15 is 0 Å². The highest BCUT2D eigenvalue weighted by molar-refractivity contribution is 7.07. The van der Waals surface area contributed by atoms with Crippen molar-refractivity contribution in [2.45, 2.75) is 0 Å². The number of benzene rings is 1. The minimum absolute atomic E-state index is 0.0442. The molecule has 3 aromatic rings. The molecule has 4 rings (SSSR count). The average Bonchev–Trinajstić information content (AvgIpc) is 3.11. The summed E-state index contributed by atoms with van der Waals surface area (Å²) in [6.45, 7) is 1.70. The van der Waals surface area contributed by atoms with Gasteiger partial charge in [0, 0.05) is 25.5 Å². The molecule has 1 fully saturated rings. The smallest absolute Gasteiger partial charge is 0.273 e. The monoisotopic (exact) mass is 418 g/mol. The van der Waals surface area contributed by atoms with Crippen molar-refractivity contribution in [3.63, 3.8) is 0 Å². The zero-order valence-corrected chi connectivity index (χ0v) is 16.8. The predicted octanol–water partition coefficient (Wildman–Crippen LogP) is 0.656. The quantitative estimate of drug-likeness (QED) is 0.623. The Morgan fingerprint density at radius 3 is 2.50 bits per heavy atom. The van der Waals surface area contributed by atoms with Crippen LogP contribution in [0.15, 0.2) is 59.7 Å². The maximum Gasteiger partial charge on any atom is 0.273 e. The highest BCUT2D eigenvalue weighted by Crippen LogP contribution is 2.08. The largest absolute Gasteiger partial charge is 0.378 e. The minimum Gasteiger partial charge on any atom is -0.378 e. The summed E-state index contributed by atoms with van der Waals surface area (Å²) < 4.78 is 7.50. The third-order valence-electron chi connectivity index (χ3n) is 4.68. The number of pyridine rings is 1. The van der Waals surface area contributed by atoms with Gasteiger partial charge in [-0.3, -0.25) is 19.1 Å². The van der Waals surface area contributed by atoms with Crippen LogP contribution < -0.4 is 14.8 Å². The van der Waals surface area contributed by atoms with Crippen LogP contribution in [-0.4, -0.2) is 46.7 Å². The summed E-state index contributed by atoms with van der Waals surface area (Å²) in [4.78, 5) is 31.9. The summed E-state index contributed by atoms with van der Waals surface area (Å²) in [6, 6.07) is 14.7. The van der Waals surface area contributed by atoms with E-state index in [9.17, 15) is 14.9 Å². The molecule has 0 spiro atoms. The first kappa shape index (κ1) is 19.8. The van der Waals surface area contributed by atoms with Gasteiger partial charge in [0.15, 0.2) is 5.57 Å². The van der Waals surface area contributed by atoms with E-state index in [2.05, 4.69) is 4.98 Å². The lowest BCUT2D eigenvalue weighted by atomic mass is 10.2. The van der Waals surface area contributed by atoms with E-state index in [1.165, 1.54) is 4.57 Å². The SMILES string of the molecule is N#C/C(C(=O)N1CCOCC1)=c1\s/c(=C/c2ccncc2)c(=O)n1-c1ccccc1. The van der Waals surface area contributed by atoms with Crippen LogP contribution in [0.3, 0.4) is 0 Å². The summed E-state index contributed by atoms with van der Waals surface area (Å²) in [7, 11) is 0. The summed E-state index contributed by atoms with van der Waals surface area (Å²) in [5, 5.41) is 9.85. The van der Waals surface area contributed by atoms with Crippen LogP contribution in [0.1, 0.15) is 5.56 Å². The van der Waals surface area contributed by atoms with Crippen molar-refractivity contribution in [2.75, 3.05) is 26.3 Å². The molecule has 1 aliphatic heterocycles. The third-order valence-corrected chi connectivity index (χ3v) is 5.77. The molecule has 1 aliphatic rings. The van der Waals surface area contributed by atoms with Crippen LogP contribution in [-0.2, 0) is 9.53 Å². The number of thiazole rings is 1. The molecule has 150 valence electrons. The lowest BCUT2D eigenvalue weighted by molar-refractivity contribution is -0.128. The van der Waals surface area contributed by atoms with Gasteiger partial charge < -0.3 is 9.64 Å². The number of hydrogen-bond acceptors (Lipinski definition) is 6. The van der Waals surface area contributed by atoms with Crippen LogP contribution in [0.2, 0.25) is 0 Å². The van der Waals surface area contributed by atoms with Gasteiger partial charge in [0.2, 0.25) is 0 Å². The van der Waals surface area contributed by atoms with Gasteiger partial charge in [-0.1, -0.05) is 18.2 Å². The van der Waals surface area contributed by atoms with E-state index in [1.54, 1.807) is 47.6 Å². The maximum atomic E-state index is 13.3. The molecular weight excluding hydrogens is 400 g/mol. The molecule has 8 heteroatoms. The maximum absolute atomic E-state index is 13.3. The Morgan fingerprint density at radius 2 is 1.83 bits per heavy atom. The van der Waals surface area contributed by atoms with Crippen LogP contribution in [0.5, 0.6) is 0 Å². The topological polar surface area (TPSA) is 88.2 Å². The molecule has 1 saturated heterocycles. The minimum atomic E-state index is -0.387. The number of nitriles is 1. The van der Waals surface area contributed by atoms with Crippen LogP contribution in [0, 0.1) is 11.3 Å². The second-order valence-electron chi connectivity index (χ2n) is 6.56. The number of ether oxygens (including phenoxy) is 1. The molecule has 1 aromatic carbocycles. The van der Waals surface area contributed by atoms with Crippen molar-refractivity contribution in [3.05, 3.63) is 80.0 Å². The number of morpholine rings is 1.